The zero-order chi connectivity index (χ0) is 19.1. The number of carbonyl (C=O) groups excluding carboxylic acids is 2. The van der Waals surface area contributed by atoms with Gasteiger partial charge in [0.25, 0.3) is 5.91 Å². The minimum absolute atomic E-state index is 0.144. The first-order chi connectivity index (χ1) is 12.3. The second-order valence-electron chi connectivity index (χ2n) is 5.81. The number of ether oxygens (including phenoxy) is 1. The summed E-state index contributed by atoms with van der Waals surface area (Å²) in [7, 11) is 0. The number of nitrogens with one attached hydrogen (secondary N) is 1. The zero-order valence-electron chi connectivity index (χ0n) is 14.5. The van der Waals surface area contributed by atoms with Gasteiger partial charge in [-0.1, -0.05) is 35.9 Å². The van der Waals surface area contributed by atoms with Gasteiger partial charge in [-0.15, -0.1) is 0 Å². The Balaban J connectivity index is 1.83. The second-order valence-corrected chi connectivity index (χ2v) is 5.81. The van der Waals surface area contributed by atoms with Gasteiger partial charge in [-0.3, -0.25) is 4.79 Å². The van der Waals surface area contributed by atoms with E-state index in [0.717, 1.165) is 23.3 Å². The molecule has 0 unspecified atom stereocenters. The fourth-order valence-electron chi connectivity index (χ4n) is 2.34. The van der Waals surface area contributed by atoms with Crippen molar-refractivity contribution in [2.75, 3.05) is 6.61 Å². The van der Waals surface area contributed by atoms with Crippen LogP contribution in [0.25, 0.3) is 6.08 Å². The molecule has 2 aromatic rings. The molecule has 0 spiro atoms. The lowest BCUT2D eigenvalue weighted by Gasteiger charge is -2.15. The SMILES string of the molecule is Cc1cccc(/C=C/C(=O)OCC(=O)N[C@H](C)c2ccc(F)cc2F)c1. The normalized spacial score (nSPS) is 12.0. The molecule has 0 aromatic heterocycles. The van der Waals surface area contributed by atoms with E-state index >= 15 is 0 Å². The third-order valence-corrected chi connectivity index (χ3v) is 3.61. The van der Waals surface area contributed by atoms with Crippen molar-refractivity contribution in [2.24, 2.45) is 0 Å². The molecule has 0 heterocycles. The van der Waals surface area contributed by atoms with Gasteiger partial charge in [0.15, 0.2) is 6.61 Å². The summed E-state index contributed by atoms with van der Waals surface area (Å²) < 4.78 is 31.4. The summed E-state index contributed by atoms with van der Waals surface area (Å²) in [6.45, 7) is 2.99. The van der Waals surface area contributed by atoms with E-state index in [-0.39, 0.29) is 5.56 Å². The molecule has 6 heteroatoms. The lowest BCUT2D eigenvalue weighted by Crippen LogP contribution is -2.31. The highest BCUT2D eigenvalue weighted by atomic mass is 19.1. The topological polar surface area (TPSA) is 55.4 Å². The molecule has 0 aliphatic rings. The molecule has 1 N–H and O–H groups in total. The van der Waals surface area contributed by atoms with E-state index in [0.29, 0.717) is 0 Å². The van der Waals surface area contributed by atoms with Gasteiger partial charge in [-0.05, 0) is 31.6 Å². The Morgan fingerprint density at radius 3 is 2.65 bits per heavy atom. The van der Waals surface area contributed by atoms with Crippen molar-refractivity contribution < 1.29 is 23.1 Å². The van der Waals surface area contributed by atoms with Gasteiger partial charge < -0.3 is 10.1 Å². The highest BCUT2D eigenvalue weighted by molar-refractivity contribution is 5.89. The summed E-state index contributed by atoms with van der Waals surface area (Å²) in [4.78, 5) is 23.5. The fraction of sp³-hybridized carbons (Fsp3) is 0.200. The molecule has 1 atom stereocenters. The van der Waals surface area contributed by atoms with Gasteiger partial charge in [0.05, 0.1) is 6.04 Å². The molecule has 2 rings (SSSR count). The van der Waals surface area contributed by atoms with E-state index in [1.807, 2.05) is 31.2 Å². The summed E-state index contributed by atoms with van der Waals surface area (Å²) in [6.07, 6.45) is 2.81. The third kappa shape index (κ3) is 5.81. The Hall–Kier alpha value is -3.02. The van der Waals surface area contributed by atoms with Gasteiger partial charge in [0, 0.05) is 17.7 Å². The van der Waals surface area contributed by atoms with Gasteiger partial charge in [0.1, 0.15) is 11.6 Å². The highest BCUT2D eigenvalue weighted by Crippen LogP contribution is 2.17. The molecule has 0 aliphatic heterocycles. The number of benzene rings is 2. The maximum Gasteiger partial charge on any atom is 0.331 e. The summed E-state index contributed by atoms with van der Waals surface area (Å²) in [5, 5.41) is 2.49. The Morgan fingerprint density at radius 2 is 1.96 bits per heavy atom. The average molecular weight is 359 g/mol. The van der Waals surface area contributed by atoms with Gasteiger partial charge in [-0.2, -0.15) is 0 Å². The largest absolute Gasteiger partial charge is 0.452 e. The molecule has 0 bridgehead atoms. The van der Waals surface area contributed by atoms with Crippen LogP contribution in [-0.2, 0) is 14.3 Å². The van der Waals surface area contributed by atoms with E-state index in [1.54, 1.807) is 13.0 Å². The minimum atomic E-state index is -0.754. The second kappa shape index (κ2) is 8.89. The average Bonchev–Trinajstić information content (AvgIpc) is 2.58. The number of halogens is 2. The lowest BCUT2D eigenvalue weighted by atomic mass is 10.1. The van der Waals surface area contributed by atoms with E-state index in [1.165, 1.54) is 12.1 Å². The van der Waals surface area contributed by atoms with E-state index in [4.69, 9.17) is 4.74 Å². The van der Waals surface area contributed by atoms with Crippen molar-refractivity contribution in [3.8, 4) is 0 Å². The predicted molar refractivity (Wildman–Crippen MR) is 94.1 cm³/mol. The predicted octanol–water partition coefficient (Wildman–Crippen LogP) is 3.71. The molecule has 1 amide bonds. The number of rotatable bonds is 6. The number of amides is 1. The summed E-state index contributed by atoms with van der Waals surface area (Å²) in [6, 6.07) is 9.95. The van der Waals surface area contributed by atoms with E-state index in [9.17, 15) is 18.4 Å². The molecule has 0 fully saturated rings. The zero-order valence-corrected chi connectivity index (χ0v) is 14.5. The Kier molecular flexibility index (Phi) is 6.60. The smallest absolute Gasteiger partial charge is 0.331 e. The van der Waals surface area contributed by atoms with Crippen molar-refractivity contribution in [1.82, 2.24) is 5.32 Å². The Labute approximate surface area is 150 Å². The number of aryl methyl sites for hydroxylation is 1. The van der Waals surface area contributed by atoms with Crippen LogP contribution in [0.2, 0.25) is 0 Å². The van der Waals surface area contributed by atoms with Crippen LogP contribution in [-0.4, -0.2) is 18.5 Å². The highest BCUT2D eigenvalue weighted by Gasteiger charge is 2.15. The number of hydrogen-bond acceptors (Lipinski definition) is 3. The molecule has 26 heavy (non-hydrogen) atoms. The van der Waals surface area contributed by atoms with Crippen LogP contribution in [0.4, 0.5) is 8.78 Å². The molecule has 0 saturated carbocycles. The summed E-state index contributed by atoms with van der Waals surface area (Å²) in [5.41, 5.74) is 2.04. The van der Waals surface area contributed by atoms with Crippen LogP contribution in [0.3, 0.4) is 0 Å². The first-order valence-electron chi connectivity index (χ1n) is 8.01. The summed E-state index contributed by atoms with van der Waals surface area (Å²) in [5.74, 6) is -2.70. The third-order valence-electron chi connectivity index (χ3n) is 3.61. The lowest BCUT2D eigenvalue weighted by molar-refractivity contribution is -0.144. The molecular weight excluding hydrogens is 340 g/mol. The van der Waals surface area contributed by atoms with Crippen LogP contribution in [0, 0.1) is 18.6 Å². The standard InChI is InChI=1S/C20H19F2NO3/c1-13-4-3-5-15(10-13)6-9-20(25)26-12-19(24)23-14(2)17-8-7-16(21)11-18(17)22/h3-11,14H,12H2,1-2H3,(H,23,24)/b9-6+/t14-/m1/s1. The molecule has 2 aromatic carbocycles. The molecule has 0 aliphatic carbocycles. The van der Waals surface area contributed by atoms with Crippen molar-refractivity contribution in [3.63, 3.8) is 0 Å². The fourth-order valence-corrected chi connectivity index (χ4v) is 2.34. The molecule has 4 nitrogen and oxygen atoms in total. The van der Waals surface area contributed by atoms with Gasteiger partial charge in [-0.25, -0.2) is 13.6 Å². The van der Waals surface area contributed by atoms with Crippen molar-refractivity contribution >= 4 is 18.0 Å². The van der Waals surface area contributed by atoms with Crippen LogP contribution in [0.1, 0.15) is 29.7 Å². The van der Waals surface area contributed by atoms with Crippen LogP contribution < -0.4 is 5.32 Å². The van der Waals surface area contributed by atoms with Gasteiger partial charge in [0.2, 0.25) is 0 Å². The number of carbonyl (C=O) groups is 2. The van der Waals surface area contributed by atoms with Crippen LogP contribution in [0.15, 0.2) is 48.5 Å². The quantitative estimate of drug-likeness (QED) is 0.632. The first kappa shape index (κ1) is 19.3. The van der Waals surface area contributed by atoms with Gasteiger partial charge >= 0.3 is 5.97 Å². The molecule has 0 radical (unpaired) electrons. The van der Waals surface area contributed by atoms with Crippen LogP contribution in [0.5, 0.6) is 0 Å². The Morgan fingerprint density at radius 1 is 1.19 bits per heavy atom. The van der Waals surface area contributed by atoms with Crippen LogP contribution >= 0.6 is 0 Å². The maximum atomic E-state index is 13.7. The monoisotopic (exact) mass is 359 g/mol. The molecular formula is C20H19F2NO3. The molecule has 0 saturated heterocycles. The maximum absolute atomic E-state index is 13.7. The molecule has 136 valence electrons. The van der Waals surface area contributed by atoms with Crippen molar-refractivity contribution in [1.29, 1.82) is 0 Å². The van der Waals surface area contributed by atoms with Crippen molar-refractivity contribution in [2.45, 2.75) is 19.9 Å². The number of esters is 1. The minimum Gasteiger partial charge on any atom is -0.452 e. The van der Waals surface area contributed by atoms with Crippen molar-refractivity contribution in [3.05, 3.63) is 76.9 Å². The Bertz CT molecular complexity index is 834. The summed E-state index contributed by atoms with van der Waals surface area (Å²) >= 11 is 0. The first-order valence-corrected chi connectivity index (χ1v) is 8.01. The van der Waals surface area contributed by atoms with E-state index in [2.05, 4.69) is 5.32 Å². The van der Waals surface area contributed by atoms with E-state index < -0.39 is 36.2 Å². The number of hydrogen-bond donors (Lipinski definition) is 1.